The van der Waals surface area contributed by atoms with Gasteiger partial charge in [0.25, 0.3) is 11.8 Å². The van der Waals surface area contributed by atoms with Crippen molar-refractivity contribution < 1.29 is 40.4 Å². The van der Waals surface area contributed by atoms with Gasteiger partial charge in [-0.05, 0) is 25.5 Å². The van der Waals surface area contributed by atoms with Gasteiger partial charge in [0.1, 0.15) is 23.2 Å². The summed E-state index contributed by atoms with van der Waals surface area (Å²) in [6.45, 7) is 3.00. The molecule has 6 nitrogen and oxygen atoms in total. The minimum Gasteiger partial charge on any atom is -0.453 e. The van der Waals surface area contributed by atoms with E-state index in [0.29, 0.717) is 0 Å². The smallest absolute Gasteiger partial charge is 0.271 e. The van der Waals surface area contributed by atoms with Gasteiger partial charge in [0.2, 0.25) is 5.82 Å². The highest BCUT2D eigenvalue weighted by Crippen LogP contribution is 2.36. The molecule has 0 saturated heterocycles. The maximum atomic E-state index is 14.0. The number of halogens is 5. The Hall–Kier alpha value is -4.20. The molecule has 4 rings (SSSR count). The highest BCUT2D eigenvalue weighted by atomic mass is 19.2. The largest absolute Gasteiger partial charge is 0.453 e. The second kappa shape index (κ2) is 7.74. The van der Waals surface area contributed by atoms with Gasteiger partial charge in [-0.3, -0.25) is 14.5 Å². The Labute approximate surface area is 181 Å². The topological polar surface area (TPSA) is 87.4 Å². The Morgan fingerprint density at radius 1 is 0.939 bits per heavy atom. The van der Waals surface area contributed by atoms with Crippen LogP contribution in [0.25, 0.3) is 28.6 Å². The summed E-state index contributed by atoms with van der Waals surface area (Å²) in [7, 11) is 0. The van der Waals surface area contributed by atoms with Crippen molar-refractivity contribution in [3.05, 3.63) is 63.7 Å². The molecule has 33 heavy (non-hydrogen) atoms. The molecule has 1 aliphatic rings. The summed E-state index contributed by atoms with van der Waals surface area (Å²) in [5, 5.41) is 9.27. The van der Waals surface area contributed by atoms with Crippen LogP contribution in [-0.2, 0) is 9.59 Å². The minimum atomic E-state index is -2.30. The number of nitrogens with zero attached hydrogens (tertiary/aromatic N) is 2. The van der Waals surface area contributed by atoms with Gasteiger partial charge >= 0.3 is 0 Å². The Morgan fingerprint density at radius 2 is 1.52 bits per heavy atom. The molecule has 0 bridgehead atoms. The molecule has 0 atom stereocenters. The van der Waals surface area contributed by atoms with E-state index < -0.39 is 52.2 Å². The van der Waals surface area contributed by atoms with Crippen LogP contribution in [0.4, 0.5) is 22.0 Å². The number of hydrogen-bond acceptors (Lipinski definition) is 5. The van der Waals surface area contributed by atoms with Crippen LogP contribution in [0.15, 0.2) is 37.7 Å². The van der Waals surface area contributed by atoms with E-state index in [1.54, 1.807) is 13.0 Å². The van der Waals surface area contributed by atoms with Gasteiger partial charge in [0.15, 0.2) is 34.4 Å². The first-order valence-corrected chi connectivity index (χ1v) is 9.35. The quantitative estimate of drug-likeness (QED) is 0.180. The second-order valence-corrected chi connectivity index (χ2v) is 6.96. The predicted molar refractivity (Wildman–Crippen MR) is 102 cm³/mol. The van der Waals surface area contributed by atoms with Crippen molar-refractivity contribution in [1.82, 2.24) is 4.90 Å². The first-order chi connectivity index (χ1) is 15.6. The normalized spacial score (nSPS) is 15.8. The molecule has 0 radical (unpaired) electrons. The van der Waals surface area contributed by atoms with E-state index in [1.165, 1.54) is 19.1 Å². The Balaban J connectivity index is 1.80. The number of carbonyl (C=O) groups is 2. The fraction of sp³-hybridized carbons (Fsp3) is 0.136. The van der Waals surface area contributed by atoms with E-state index in [4.69, 9.17) is 8.83 Å². The zero-order chi connectivity index (χ0) is 24.2. The average Bonchev–Trinajstić information content (AvgIpc) is 3.33. The van der Waals surface area contributed by atoms with E-state index in [1.807, 2.05) is 0 Å². The lowest BCUT2D eigenvalue weighted by atomic mass is 9.95. The standard InChI is InChI=1S/C22H11F5N2O4/c1-3-29-21(30)10(8(2)11(7-28)22(29)31)4-9-5-12-13(32-9)6-14(33-12)15-16(23)18(25)20(27)19(26)17(15)24/h4-6H,3H2,1-2H3/b10-4-. The summed E-state index contributed by atoms with van der Waals surface area (Å²) in [5.41, 5.74) is -1.54. The molecule has 2 amide bonds. The number of amides is 2. The van der Waals surface area contributed by atoms with Crippen molar-refractivity contribution in [3.8, 4) is 17.4 Å². The van der Waals surface area contributed by atoms with Crippen LogP contribution in [0.3, 0.4) is 0 Å². The van der Waals surface area contributed by atoms with Gasteiger partial charge in [0, 0.05) is 24.3 Å². The third kappa shape index (κ3) is 3.22. The number of rotatable bonds is 3. The number of imide groups is 1. The summed E-state index contributed by atoms with van der Waals surface area (Å²) < 4.78 is 79.0. The lowest BCUT2D eigenvalue weighted by Gasteiger charge is -2.25. The van der Waals surface area contributed by atoms with E-state index >= 15 is 0 Å². The molecule has 0 unspecified atom stereocenters. The minimum absolute atomic E-state index is 0.00407. The Morgan fingerprint density at radius 3 is 2.06 bits per heavy atom. The summed E-state index contributed by atoms with van der Waals surface area (Å²) in [6.07, 6.45) is 1.25. The molecule has 168 valence electrons. The van der Waals surface area contributed by atoms with Crippen molar-refractivity contribution in [2.45, 2.75) is 13.8 Å². The number of hydrogen-bond donors (Lipinski definition) is 0. The fourth-order valence-corrected chi connectivity index (χ4v) is 3.43. The molecular weight excluding hydrogens is 451 g/mol. The molecule has 1 aliphatic heterocycles. The van der Waals surface area contributed by atoms with Gasteiger partial charge in [0.05, 0.1) is 5.56 Å². The van der Waals surface area contributed by atoms with E-state index in [9.17, 15) is 36.8 Å². The predicted octanol–water partition coefficient (Wildman–Crippen LogP) is 5.00. The molecule has 0 fully saturated rings. The summed E-state index contributed by atoms with van der Waals surface area (Å²) >= 11 is 0. The van der Waals surface area contributed by atoms with Crippen molar-refractivity contribution in [2.24, 2.45) is 0 Å². The first-order valence-electron chi connectivity index (χ1n) is 9.35. The number of fused-ring (bicyclic) bond motifs is 1. The number of carbonyl (C=O) groups excluding carboxylic acids is 2. The van der Waals surface area contributed by atoms with Gasteiger partial charge in [-0.25, -0.2) is 22.0 Å². The molecule has 0 aliphatic carbocycles. The van der Waals surface area contributed by atoms with Gasteiger partial charge < -0.3 is 8.83 Å². The highest BCUT2D eigenvalue weighted by molar-refractivity contribution is 6.19. The van der Waals surface area contributed by atoms with Crippen LogP contribution in [0.2, 0.25) is 0 Å². The Kier molecular flexibility index (Phi) is 5.16. The monoisotopic (exact) mass is 462 g/mol. The van der Waals surface area contributed by atoms with Crippen LogP contribution in [0.5, 0.6) is 0 Å². The van der Waals surface area contributed by atoms with E-state index in [-0.39, 0.29) is 40.2 Å². The average molecular weight is 462 g/mol. The van der Waals surface area contributed by atoms with Crippen LogP contribution in [-0.4, -0.2) is 23.3 Å². The summed E-state index contributed by atoms with van der Waals surface area (Å²) in [6, 6.07) is 3.92. The fourth-order valence-electron chi connectivity index (χ4n) is 3.43. The van der Waals surface area contributed by atoms with Crippen LogP contribution in [0.1, 0.15) is 19.6 Å². The van der Waals surface area contributed by atoms with Gasteiger partial charge in [-0.2, -0.15) is 5.26 Å². The van der Waals surface area contributed by atoms with Gasteiger partial charge in [-0.15, -0.1) is 0 Å². The first kappa shape index (κ1) is 22.0. The highest BCUT2D eigenvalue weighted by Gasteiger charge is 2.35. The number of nitriles is 1. The molecule has 3 aromatic rings. The van der Waals surface area contributed by atoms with Crippen molar-refractivity contribution in [2.75, 3.05) is 6.54 Å². The molecule has 2 aromatic heterocycles. The van der Waals surface area contributed by atoms with Crippen LogP contribution in [0, 0.1) is 40.4 Å². The van der Waals surface area contributed by atoms with Crippen LogP contribution < -0.4 is 0 Å². The molecule has 11 heteroatoms. The second-order valence-electron chi connectivity index (χ2n) is 6.96. The zero-order valence-electron chi connectivity index (χ0n) is 16.9. The molecule has 0 spiro atoms. The lowest BCUT2D eigenvalue weighted by molar-refractivity contribution is -0.140. The molecule has 3 heterocycles. The van der Waals surface area contributed by atoms with Crippen molar-refractivity contribution in [3.63, 3.8) is 0 Å². The van der Waals surface area contributed by atoms with Crippen molar-refractivity contribution >= 4 is 29.1 Å². The zero-order valence-corrected chi connectivity index (χ0v) is 16.9. The Bertz CT molecular complexity index is 1410. The molecule has 0 N–H and O–H groups in total. The summed E-state index contributed by atoms with van der Waals surface area (Å²) in [5.74, 6) is -12.7. The van der Waals surface area contributed by atoms with E-state index in [2.05, 4.69) is 0 Å². The third-order valence-corrected chi connectivity index (χ3v) is 5.11. The molecule has 1 aromatic carbocycles. The number of furan rings is 2. The molecule has 0 saturated carbocycles. The third-order valence-electron chi connectivity index (χ3n) is 5.11. The maximum Gasteiger partial charge on any atom is 0.271 e. The van der Waals surface area contributed by atoms with Crippen molar-refractivity contribution in [1.29, 1.82) is 5.26 Å². The van der Waals surface area contributed by atoms with Crippen LogP contribution >= 0.6 is 0 Å². The summed E-state index contributed by atoms with van der Waals surface area (Å²) in [4.78, 5) is 25.7. The SMILES string of the molecule is CCN1C(=O)C(C#N)=C(C)/C(=C/c2cc3oc(-c4c(F)c(F)c(F)c(F)c4F)cc3o2)C1=O. The number of benzene rings is 1. The maximum absolute atomic E-state index is 14.0. The number of likely N-dealkylation sites (N-methyl/N-ethyl adjacent to an activating group) is 1. The van der Waals surface area contributed by atoms with E-state index in [0.717, 1.165) is 11.0 Å². The molecular formula is C22H11F5N2O4. The lowest BCUT2D eigenvalue weighted by Crippen LogP contribution is -2.42. The van der Waals surface area contributed by atoms with Gasteiger partial charge in [-0.1, -0.05) is 0 Å².